The number of rotatable bonds is 7. The summed E-state index contributed by atoms with van der Waals surface area (Å²) in [5.74, 6) is 1.22. The van der Waals surface area contributed by atoms with Gasteiger partial charge in [0.1, 0.15) is 12.4 Å². The minimum atomic E-state index is -0.493. The van der Waals surface area contributed by atoms with E-state index in [1.54, 1.807) is 0 Å². The van der Waals surface area contributed by atoms with Gasteiger partial charge in [-0.05, 0) is 12.1 Å². The second-order valence-corrected chi connectivity index (χ2v) is 4.07. The quantitative estimate of drug-likeness (QED) is 0.479. The monoisotopic (exact) mass is 289 g/mol. The molecule has 0 unspecified atom stereocenters. The molecule has 2 rings (SSSR count). The van der Waals surface area contributed by atoms with Crippen molar-refractivity contribution in [3.8, 4) is 11.6 Å². The summed E-state index contributed by atoms with van der Waals surface area (Å²) >= 11 is 0. The Hall–Kier alpha value is -2.83. The largest absolute Gasteiger partial charge is 0.492 e. The zero-order valence-electron chi connectivity index (χ0n) is 11.5. The Morgan fingerprint density at radius 2 is 2.00 bits per heavy atom. The van der Waals surface area contributed by atoms with Gasteiger partial charge in [0.2, 0.25) is 11.7 Å². The lowest BCUT2D eigenvalue weighted by Crippen LogP contribution is -2.13. The summed E-state index contributed by atoms with van der Waals surface area (Å²) in [6.07, 6.45) is 0. The third-order valence-corrected chi connectivity index (χ3v) is 2.66. The molecule has 21 heavy (non-hydrogen) atoms. The molecule has 0 radical (unpaired) electrons. The number of hydrogen-bond donors (Lipinski definition) is 1. The highest BCUT2D eigenvalue weighted by Gasteiger charge is 2.15. The van der Waals surface area contributed by atoms with Crippen LogP contribution in [0, 0.1) is 10.1 Å². The van der Waals surface area contributed by atoms with E-state index in [4.69, 9.17) is 9.47 Å². The van der Waals surface area contributed by atoms with Crippen LogP contribution in [0.1, 0.15) is 0 Å². The molecular weight excluding hydrogens is 274 g/mol. The normalized spacial score (nSPS) is 9.95. The van der Waals surface area contributed by atoms with Gasteiger partial charge in [-0.25, -0.2) is 0 Å². The minimum Gasteiger partial charge on any atom is -0.492 e. The lowest BCUT2D eigenvalue weighted by molar-refractivity contribution is -0.384. The predicted octanol–water partition coefficient (Wildman–Crippen LogP) is 2.49. The standard InChI is InChI=1S/C14H15N3O4/c1-20-13-8-7-12(17(18)19)14(16-13)15-9-10-21-11-5-3-2-4-6-11/h2-8H,9-10H2,1H3,(H,15,16). The maximum Gasteiger partial charge on any atom is 0.311 e. The van der Waals surface area contributed by atoms with E-state index in [1.165, 1.54) is 19.2 Å². The number of hydrogen-bond acceptors (Lipinski definition) is 6. The van der Waals surface area contributed by atoms with Gasteiger partial charge in [0.25, 0.3) is 0 Å². The van der Waals surface area contributed by atoms with Crippen molar-refractivity contribution >= 4 is 11.5 Å². The van der Waals surface area contributed by atoms with Crippen molar-refractivity contribution in [2.24, 2.45) is 0 Å². The summed E-state index contributed by atoms with van der Waals surface area (Å²) in [4.78, 5) is 14.5. The average Bonchev–Trinajstić information content (AvgIpc) is 2.52. The lowest BCUT2D eigenvalue weighted by Gasteiger charge is -2.09. The molecule has 0 aliphatic rings. The molecule has 0 aliphatic heterocycles. The third kappa shape index (κ3) is 4.07. The van der Waals surface area contributed by atoms with E-state index in [0.717, 1.165) is 5.75 Å². The zero-order chi connectivity index (χ0) is 15.1. The van der Waals surface area contributed by atoms with Crippen LogP contribution >= 0.6 is 0 Å². The van der Waals surface area contributed by atoms with Crippen molar-refractivity contribution in [1.82, 2.24) is 4.98 Å². The number of nitro groups is 1. The maximum absolute atomic E-state index is 10.9. The molecule has 1 N–H and O–H groups in total. The van der Waals surface area contributed by atoms with Crippen LogP contribution in [-0.2, 0) is 0 Å². The minimum absolute atomic E-state index is 0.101. The summed E-state index contributed by atoms with van der Waals surface area (Å²) in [6, 6.07) is 12.1. The number of nitrogens with zero attached hydrogens (tertiary/aromatic N) is 2. The average molecular weight is 289 g/mol. The summed E-state index contributed by atoms with van der Waals surface area (Å²) in [5, 5.41) is 13.8. The molecule has 0 amide bonds. The van der Waals surface area contributed by atoms with Gasteiger partial charge in [-0.15, -0.1) is 0 Å². The van der Waals surface area contributed by atoms with E-state index in [9.17, 15) is 10.1 Å². The topological polar surface area (TPSA) is 86.5 Å². The second-order valence-electron chi connectivity index (χ2n) is 4.07. The van der Waals surface area contributed by atoms with Gasteiger partial charge in [-0.1, -0.05) is 18.2 Å². The van der Waals surface area contributed by atoms with Crippen molar-refractivity contribution in [2.45, 2.75) is 0 Å². The molecule has 1 aromatic carbocycles. The van der Waals surface area contributed by atoms with Crippen LogP contribution in [0.4, 0.5) is 11.5 Å². The summed E-state index contributed by atoms with van der Waals surface area (Å²) in [5.41, 5.74) is -0.101. The summed E-state index contributed by atoms with van der Waals surface area (Å²) in [7, 11) is 1.45. The van der Waals surface area contributed by atoms with Gasteiger partial charge < -0.3 is 14.8 Å². The maximum atomic E-state index is 10.9. The van der Waals surface area contributed by atoms with E-state index in [0.29, 0.717) is 19.0 Å². The van der Waals surface area contributed by atoms with Crippen LogP contribution in [0.3, 0.4) is 0 Å². The summed E-state index contributed by atoms with van der Waals surface area (Å²) < 4.78 is 10.5. The smallest absolute Gasteiger partial charge is 0.311 e. The molecule has 1 heterocycles. The first-order valence-corrected chi connectivity index (χ1v) is 6.32. The Bertz CT molecular complexity index is 604. The van der Waals surface area contributed by atoms with E-state index >= 15 is 0 Å². The number of nitrogens with one attached hydrogen (secondary N) is 1. The van der Waals surface area contributed by atoms with Crippen LogP contribution in [-0.4, -0.2) is 30.2 Å². The Balaban J connectivity index is 1.94. The van der Waals surface area contributed by atoms with Crippen molar-refractivity contribution in [3.05, 3.63) is 52.6 Å². The van der Waals surface area contributed by atoms with Crippen molar-refractivity contribution in [3.63, 3.8) is 0 Å². The van der Waals surface area contributed by atoms with Crippen molar-refractivity contribution in [2.75, 3.05) is 25.6 Å². The molecular formula is C14H15N3O4. The molecule has 0 spiro atoms. The highest BCUT2D eigenvalue weighted by atomic mass is 16.6. The van der Waals surface area contributed by atoms with Gasteiger partial charge in [0, 0.05) is 12.1 Å². The zero-order valence-corrected chi connectivity index (χ0v) is 11.5. The van der Waals surface area contributed by atoms with Crippen LogP contribution in [0.15, 0.2) is 42.5 Å². The van der Waals surface area contributed by atoms with E-state index in [2.05, 4.69) is 10.3 Å². The highest BCUT2D eigenvalue weighted by molar-refractivity contribution is 5.57. The molecule has 0 saturated carbocycles. The van der Waals surface area contributed by atoms with E-state index in [1.807, 2.05) is 30.3 Å². The fraction of sp³-hybridized carbons (Fsp3) is 0.214. The van der Waals surface area contributed by atoms with Crippen LogP contribution in [0.25, 0.3) is 0 Å². The number of methoxy groups -OCH3 is 1. The van der Waals surface area contributed by atoms with Crippen molar-refractivity contribution in [1.29, 1.82) is 0 Å². The molecule has 110 valence electrons. The van der Waals surface area contributed by atoms with E-state index in [-0.39, 0.29) is 11.5 Å². The highest BCUT2D eigenvalue weighted by Crippen LogP contribution is 2.24. The second kappa shape index (κ2) is 7.09. The molecule has 7 nitrogen and oxygen atoms in total. The van der Waals surface area contributed by atoms with Crippen LogP contribution < -0.4 is 14.8 Å². The van der Waals surface area contributed by atoms with Crippen LogP contribution in [0.2, 0.25) is 0 Å². The SMILES string of the molecule is COc1ccc([N+](=O)[O-])c(NCCOc2ccccc2)n1. The van der Waals surface area contributed by atoms with Crippen LogP contribution in [0.5, 0.6) is 11.6 Å². The first kappa shape index (κ1) is 14.6. The number of ether oxygens (including phenoxy) is 2. The first-order valence-electron chi connectivity index (χ1n) is 6.32. The fourth-order valence-electron chi connectivity index (χ4n) is 1.68. The van der Waals surface area contributed by atoms with E-state index < -0.39 is 4.92 Å². The van der Waals surface area contributed by atoms with Gasteiger partial charge in [0.15, 0.2) is 0 Å². The number of para-hydroxylation sites is 1. The molecule has 7 heteroatoms. The number of benzene rings is 1. The van der Waals surface area contributed by atoms with Gasteiger partial charge >= 0.3 is 5.69 Å². The molecule has 0 atom stereocenters. The molecule has 0 bridgehead atoms. The number of pyridine rings is 1. The fourth-order valence-corrected chi connectivity index (χ4v) is 1.68. The Morgan fingerprint density at radius 3 is 2.67 bits per heavy atom. The molecule has 0 aliphatic carbocycles. The molecule has 0 saturated heterocycles. The van der Waals surface area contributed by atoms with Gasteiger partial charge in [-0.3, -0.25) is 10.1 Å². The first-order chi connectivity index (χ1) is 10.2. The molecule has 0 fully saturated rings. The van der Waals surface area contributed by atoms with Crippen molar-refractivity contribution < 1.29 is 14.4 Å². The van der Waals surface area contributed by atoms with Gasteiger partial charge in [-0.2, -0.15) is 4.98 Å². The number of aromatic nitrogens is 1. The Morgan fingerprint density at radius 1 is 1.24 bits per heavy atom. The Kier molecular flexibility index (Phi) is 4.92. The molecule has 2 aromatic rings. The Labute approximate surface area is 121 Å². The third-order valence-electron chi connectivity index (χ3n) is 2.66. The molecule has 1 aromatic heterocycles. The van der Waals surface area contributed by atoms with Gasteiger partial charge in [0.05, 0.1) is 18.6 Å². The number of anilines is 1. The summed E-state index contributed by atoms with van der Waals surface area (Å²) in [6.45, 7) is 0.746. The lowest BCUT2D eigenvalue weighted by atomic mass is 10.3. The predicted molar refractivity (Wildman–Crippen MR) is 77.9 cm³/mol.